The number of para-hydroxylation sites is 1. The Morgan fingerprint density at radius 2 is 2.04 bits per heavy atom. The highest BCUT2D eigenvalue weighted by Crippen LogP contribution is 2.22. The van der Waals surface area contributed by atoms with E-state index in [0.717, 1.165) is 38.8 Å². The van der Waals surface area contributed by atoms with Crippen molar-refractivity contribution in [2.45, 2.75) is 13.0 Å². The first kappa shape index (κ1) is 15.8. The highest BCUT2D eigenvalue weighted by molar-refractivity contribution is 6.31. The fourth-order valence-corrected chi connectivity index (χ4v) is 3.36. The summed E-state index contributed by atoms with van der Waals surface area (Å²) in [7, 11) is 0. The summed E-state index contributed by atoms with van der Waals surface area (Å²) in [4.78, 5) is 15.5. The molecule has 2 N–H and O–H groups in total. The number of rotatable bonds is 5. The zero-order valence-corrected chi connectivity index (χ0v) is 14.4. The number of fused-ring (bicyclic) bond motifs is 2. The molecule has 0 radical (unpaired) electrons. The number of benzene rings is 2. The minimum atomic E-state index is 0.0132. The van der Waals surface area contributed by atoms with E-state index in [1.54, 1.807) is 0 Å². The molecule has 0 atom stereocenters. The SMILES string of the molecule is O=C(Cn1ccc2ccccc21)NCCc1c[nH]c2ccc(Cl)cc12. The van der Waals surface area contributed by atoms with Crippen LogP contribution in [0.3, 0.4) is 0 Å². The second-order valence-electron chi connectivity index (χ2n) is 6.11. The van der Waals surface area contributed by atoms with E-state index < -0.39 is 0 Å². The lowest BCUT2D eigenvalue weighted by molar-refractivity contribution is -0.121. The van der Waals surface area contributed by atoms with Crippen LogP contribution in [0, 0.1) is 0 Å². The predicted octanol–water partition coefficient (Wildman–Crippen LogP) is 4.13. The van der Waals surface area contributed by atoms with Gasteiger partial charge in [-0.2, -0.15) is 0 Å². The number of nitrogens with zero attached hydrogens (tertiary/aromatic N) is 1. The Balaban J connectivity index is 1.38. The molecule has 0 unspecified atom stereocenters. The first-order valence-corrected chi connectivity index (χ1v) is 8.64. The van der Waals surface area contributed by atoms with E-state index in [1.807, 2.05) is 65.5 Å². The lowest BCUT2D eigenvalue weighted by Crippen LogP contribution is -2.29. The number of hydrogen-bond donors (Lipinski definition) is 2. The first-order chi connectivity index (χ1) is 12.2. The smallest absolute Gasteiger partial charge is 0.239 e. The average molecular weight is 352 g/mol. The summed E-state index contributed by atoms with van der Waals surface area (Å²) < 4.78 is 1.97. The van der Waals surface area contributed by atoms with Gasteiger partial charge in [0.2, 0.25) is 5.91 Å². The number of carbonyl (C=O) groups excluding carboxylic acids is 1. The Kier molecular flexibility index (Phi) is 4.20. The molecular weight excluding hydrogens is 334 g/mol. The molecule has 2 aromatic carbocycles. The maximum atomic E-state index is 12.2. The summed E-state index contributed by atoms with van der Waals surface area (Å²) in [6.07, 6.45) is 4.69. The molecule has 4 rings (SSSR count). The fourth-order valence-electron chi connectivity index (χ4n) is 3.18. The predicted molar refractivity (Wildman–Crippen MR) is 102 cm³/mol. The van der Waals surface area contributed by atoms with Gasteiger partial charge in [-0.1, -0.05) is 29.8 Å². The minimum Gasteiger partial charge on any atom is -0.361 e. The molecule has 0 spiro atoms. The Labute approximate surface area is 150 Å². The zero-order valence-electron chi connectivity index (χ0n) is 13.6. The summed E-state index contributed by atoms with van der Waals surface area (Å²) in [5, 5.41) is 5.97. The number of amides is 1. The second kappa shape index (κ2) is 6.65. The minimum absolute atomic E-state index is 0.0132. The van der Waals surface area contributed by atoms with E-state index in [2.05, 4.69) is 10.3 Å². The summed E-state index contributed by atoms with van der Waals surface area (Å²) in [5.41, 5.74) is 3.29. The quantitative estimate of drug-likeness (QED) is 0.558. The Morgan fingerprint density at radius 1 is 1.16 bits per heavy atom. The van der Waals surface area contributed by atoms with Crippen molar-refractivity contribution < 1.29 is 4.79 Å². The third-order valence-electron chi connectivity index (χ3n) is 4.44. The lowest BCUT2D eigenvalue weighted by atomic mass is 10.1. The van der Waals surface area contributed by atoms with Gasteiger partial charge in [-0.15, -0.1) is 0 Å². The number of hydrogen-bond acceptors (Lipinski definition) is 1. The average Bonchev–Trinajstić information content (AvgIpc) is 3.20. The van der Waals surface area contributed by atoms with Gasteiger partial charge in [-0.25, -0.2) is 0 Å². The molecule has 4 aromatic rings. The second-order valence-corrected chi connectivity index (χ2v) is 6.54. The molecule has 0 aliphatic rings. The molecule has 0 aliphatic carbocycles. The number of aromatic amines is 1. The standard InChI is InChI=1S/C20H18ClN3O/c21-16-5-6-18-17(11-16)15(12-23-18)7-9-22-20(25)13-24-10-8-14-3-1-2-4-19(14)24/h1-6,8,10-12,23H,7,9,13H2,(H,22,25). The van der Waals surface area contributed by atoms with Crippen LogP contribution < -0.4 is 5.32 Å². The van der Waals surface area contributed by atoms with Crippen LogP contribution in [0.4, 0.5) is 0 Å². The van der Waals surface area contributed by atoms with E-state index in [4.69, 9.17) is 11.6 Å². The van der Waals surface area contributed by atoms with Gasteiger partial charge in [0.05, 0.1) is 0 Å². The first-order valence-electron chi connectivity index (χ1n) is 8.27. The van der Waals surface area contributed by atoms with Crippen molar-refractivity contribution in [1.29, 1.82) is 0 Å². The third-order valence-corrected chi connectivity index (χ3v) is 4.68. The fraction of sp³-hybridized carbons (Fsp3) is 0.150. The topological polar surface area (TPSA) is 49.8 Å². The van der Waals surface area contributed by atoms with Crippen molar-refractivity contribution in [2.24, 2.45) is 0 Å². The van der Waals surface area contributed by atoms with Gasteiger partial charge in [0.1, 0.15) is 6.54 Å². The molecule has 0 saturated heterocycles. The third kappa shape index (κ3) is 3.26. The molecule has 126 valence electrons. The number of halogens is 1. The van der Waals surface area contributed by atoms with Crippen molar-refractivity contribution >= 4 is 39.3 Å². The molecular formula is C20H18ClN3O. The van der Waals surface area contributed by atoms with Crippen LogP contribution in [-0.4, -0.2) is 22.0 Å². The molecule has 2 heterocycles. The van der Waals surface area contributed by atoms with Crippen molar-refractivity contribution in [3.63, 3.8) is 0 Å². The normalized spacial score (nSPS) is 11.2. The van der Waals surface area contributed by atoms with E-state index in [1.165, 1.54) is 0 Å². The maximum Gasteiger partial charge on any atom is 0.239 e. The molecule has 0 saturated carbocycles. The molecule has 0 fully saturated rings. The summed E-state index contributed by atoms with van der Waals surface area (Å²) in [5.74, 6) is 0.0132. The molecule has 2 aromatic heterocycles. The van der Waals surface area contributed by atoms with Crippen molar-refractivity contribution in [3.8, 4) is 0 Å². The Morgan fingerprint density at radius 3 is 2.96 bits per heavy atom. The van der Waals surface area contributed by atoms with Crippen LogP contribution in [0.5, 0.6) is 0 Å². The molecule has 25 heavy (non-hydrogen) atoms. The van der Waals surface area contributed by atoms with E-state index in [0.29, 0.717) is 13.1 Å². The van der Waals surface area contributed by atoms with E-state index in [9.17, 15) is 4.79 Å². The van der Waals surface area contributed by atoms with Crippen LogP contribution in [0.1, 0.15) is 5.56 Å². The van der Waals surface area contributed by atoms with Crippen LogP contribution in [0.2, 0.25) is 5.02 Å². The van der Waals surface area contributed by atoms with E-state index >= 15 is 0 Å². The number of aromatic nitrogens is 2. The van der Waals surface area contributed by atoms with Crippen LogP contribution in [0.15, 0.2) is 60.9 Å². The van der Waals surface area contributed by atoms with Gasteiger partial charge in [0.15, 0.2) is 0 Å². The van der Waals surface area contributed by atoms with Gasteiger partial charge in [0, 0.05) is 40.4 Å². The Hall–Kier alpha value is -2.72. The maximum absolute atomic E-state index is 12.2. The van der Waals surface area contributed by atoms with E-state index in [-0.39, 0.29) is 5.91 Å². The highest BCUT2D eigenvalue weighted by atomic mass is 35.5. The van der Waals surface area contributed by atoms with Crippen LogP contribution >= 0.6 is 11.6 Å². The van der Waals surface area contributed by atoms with Gasteiger partial charge in [-0.3, -0.25) is 4.79 Å². The summed E-state index contributed by atoms with van der Waals surface area (Å²) in [6, 6.07) is 15.9. The Bertz CT molecular complexity index is 1050. The van der Waals surface area contributed by atoms with Gasteiger partial charge >= 0.3 is 0 Å². The largest absolute Gasteiger partial charge is 0.361 e. The molecule has 5 heteroatoms. The number of carbonyl (C=O) groups is 1. The summed E-state index contributed by atoms with van der Waals surface area (Å²) >= 11 is 6.07. The number of nitrogens with one attached hydrogen (secondary N) is 2. The van der Waals surface area contributed by atoms with Crippen LogP contribution in [0.25, 0.3) is 21.8 Å². The zero-order chi connectivity index (χ0) is 17.2. The van der Waals surface area contributed by atoms with Gasteiger partial charge in [-0.05, 0) is 47.7 Å². The molecule has 0 aliphatic heterocycles. The van der Waals surface area contributed by atoms with Crippen molar-refractivity contribution in [1.82, 2.24) is 14.9 Å². The van der Waals surface area contributed by atoms with Crippen LogP contribution in [-0.2, 0) is 17.8 Å². The molecule has 4 nitrogen and oxygen atoms in total. The lowest BCUT2D eigenvalue weighted by Gasteiger charge is -2.07. The molecule has 1 amide bonds. The molecule has 0 bridgehead atoms. The van der Waals surface area contributed by atoms with Gasteiger partial charge in [0.25, 0.3) is 0 Å². The van der Waals surface area contributed by atoms with Gasteiger partial charge < -0.3 is 14.9 Å². The monoisotopic (exact) mass is 351 g/mol. The number of H-pyrrole nitrogens is 1. The summed E-state index contributed by atoms with van der Waals surface area (Å²) in [6.45, 7) is 0.921. The van der Waals surface area contributed by atoms with Crippen molar-refractivity contribution in [2.75, 3.05) is 6.54 Å². The highest BCUT2D eigenvalue weighted by Gasteiger charge is 2.07. The van der Waals surface area contributed by atoms with Crippen molar-refractivity contribution in [3.05, 3.63) is 71.5 Å².